The van der Waals surface area contributed by atoms with E-state index in [1.165, 1.54) is 0 Å². The van der Waals surface area contributed by atoms with Gasteiger partial charge in [-0.2, -0.15) is 13.2 Å². The fourth-order valence-corrected chi connectivity index (χ4v) is 3.09. The maximum absolute atomic E-state index is 12.6. The van der Waals surface area contributed by atoms with Crippen LogP contribution in [-0.2, 0) is 25.8 Å². The van der Waals surface area contributed by atoms with Gasteiger partial charge in [-0.05, 0) is 42.7 Å². The second kappa shape index (κ2) is 7.19. The summed E-state index contributed by atoms with van der Waals surface area (Å²) in [7, 11) is 0. The molecule has 1 aromatic carbocycles. The summed E-state index contributed by atoms with van der Waals surface area (Å²) >= 11 is 0. The summed E-state index contributed by atoms with van der Waals surface area (Å²) in [6.45, 7) is 1.96. The van der Waals surface area contributed by atoms with E-state index in [-0.39, 0.29) is 17.9 Å². The van der Waals surface area contributed by atoms with Gasteiger partial charge in [0, 0.05) is 24.0 Å². The number of imide groups is 1. The van der Waals surface area contributed by atoms with Crippen LogP contribution in [0.25, 0.3) is 10.9 Å². The summed E-state index contributed by atoms with van der Waals surface area (Å²) in [5.41, 5.74) is 8.08. The molecule has 0 radical (unpaired) electrons. The van der Waals surface area contributed by atoms with E-state index in [1.54, 1.807) is 25.1 Å². The first kappa shape index (κ1) is 19.7. The molecule has 2 heterocycles. The molecule has 1 aromatic heterocycles. The standard InChI is InChI=1S/C18H16F3N3O4/c1-9-13(7-11-6-10(8-22)2-4-14(11)23-9)12-3-5-15(25)24(16(12)26)28-17(27)18(19,20)21/h2,4,6-7,12H,3,5,8,22H2,1H3. The second-order valence-corrected chi connectivity index (χ2v) is 6.39. The number of fused-ring (bicyclic) bond motifs is 1. The number of carbonyl (C=O) groups is 3. The highest BCUT2D eigenvalue weighted by Crippen LogP contribution is 2.33. The van der Waals surface area contributed by atoms with Crippen LogP contribution in [0.2, 0.25) is 0 Å². The minimum absolute atomic E-state index is 0.0718. The van der Waals surface area contributed by atoms with Crippen LogP contribution in [0.15, 0.2) is 24.3 Å². The van der Waals surface area contributed by atoms with E-state index < -0.39 is 29.9 Å². The van der Waals surface area contributed by atoms with Gasteiger partial charge in [0.25, 0.3) is 11.8 Å². The van der Waals surface area contributed by atoms with Crippen LogP contribution >= 0.6 is 0 Å². The summed E-state index contributed by atoms with van der Waals surface area (Å²) in [4.78, 5) is 44.0. The first-order chi connectivity index (χ1) is 13.1. The smallest absolute Gasteiger partial charge is 0.326 e. The first-order valence-corrected chi connectivity index (χ1v) is 8.38. The normalized spacial score (nSPS) is 17.9. The van der Waals surface area contributed by atoms with Crippen molar-refractivity contribution in [1.82, 2.24) is 10.0 Å². The Bertz CT molecular complexity index is 974. The highest BCUT2D eigenvalue weighted by atomic mass is 19.4. The van der Waals surface area contributed by atoms with Gasteiger partial charge < -0.3 is 10.6 Å². The van der Waals surface area contributed by atoms with Crippen molar-refractivity contribution in [1.29, 1.82) is 0 Å². The first-order valence-electron chi connectivity index (χ1n) is 8.38. The van der Waals surface area contributed by atoms with Gasteiger partial charge >= 0.3 is 12.1 Å². The summed E-state index contributed by atoms with van der Waals surface area (Å²) < 4.78 is 37.3. The lowest BCUT2D eigenvalue weighted by Gasteiger charge is -2.29. The Morgan fingerprint density at radius 3 is 2.68 bits per heavy atom. The van der Waals surface area contributed by atoms with Crippen molar-refractivity contribution in [3.05, 3.63) is 41.1 Å². The Morgan fingerprint density at radius 1 is 1.32 bits per heavy atom. The number of hydrogen-bond acceptors (Lipinski definition) is 6. The molecule has 148 valence electrons. The van der Waals surface area contributed by atoms with Crippen molar-refractivity contribution >= 4 is 28.7 Å². The van der Waals surface area contributed by atoms with Gasteiger partial charge in [0.2, 0.25) is 0 Å². The molecule has 10 heteroatoms. The van der Waals surface area contributed by atoms with Crippen molar-refractivity contribution in [2.75, 3.05) is 0 Å². The van der Waals surface area contributed by atoms with Gasteiger partial charge in [-0.3, -0.25) is 14.6 Å². The third-order valence-corrected chi connectivity index (χ3v) is 4.50. The van der Waals surface area contributed by atoms with Crippen LogP contribution in [0, 0.1) is 6.92 Å². The van der Waals surface area contributed by atoms with Gasteiger partial charge in [0.1, 0.15) is 0 Å². The molecule has 0 spiro atoms. The molecule has 2 aromatic rings. The lowest BCUT2D eigenvalue weighted by molar-refractivity contribution is -0.237. The largest absolute Gasteiger partial charge is 0.493 e. The molecule has 2 N–H and O–H groups in total. The van der Waals surface area contributed by atoms with E-state index in [9.17, 15) is 27.6 Å². The maximum Gasteiger partial charge on any atom is 0.493 e. The zero-order valence-corrected chi connectivity index (χ0v) is 14.7. The Hall–Kier alpha value is -3.01. The number of piperidine rings is 1. The number of rotatable bonds is 3. The molecule has 1 saturated heterocycles. The van der Waals surface area contributed by atoms with Gasteiger partial charge in [-0.25, -0.2) is 4.79 Å². The number of halogens is 3. The van der Waals surface area contributed by atoms with E-state index in [4.69, 9.17) is 5.73 Å². The van der Waals surface area contributed by atoms with Crippen LogP contribution in [0.5, 0.6) is 0 Å². The average molecular weight is 395 g/mol. The number of alkyl halides is 3. The third-order valence-electron chi connectivity index (χ3n) is 4.50. The average Bonchev–Trinajstić information content (AvgIpc) is 2.63. The molecule has 1 fully saturated rings. The zero-order chi connectivity index (χ0) is 20.6. The van der Waals surface area contributed by atoms with E-state index in [2.05, 4.69) is 9.82 Å². The predicted molar refractivity (Wildman–Crippen MR) is 90.3 cm³/mol. The molecule has 3 rings (SSSR count). The number of amides is 2. The molecule has 2 amide bonds. The van der Waals surface area contributed by atoms with Crippen LogP contribution < -0.4 is 5.73 Å². The molecule has 28 heavy (non-hydrogen) atoms. The Morgan fingerprint density at radius 2 is 2.04 bits per heavy atom. The highest BCUT2D eigenvalue weighted by Gasteiger charge is 2.47. The lowest BCUT2D eigenvalue weighted by atomic mass is 9.88. The third kappa shape index (κ3) is 3.68. The fourth-order valence-electron chi connectivity index (χ4n) is 3.09. The number of hydrogen-bond donors (Lipinski definition) is 1. The number of aromatic nitrogens is 1. The van der Waals surface area contributed by atoms with Crippen molar-refractivity contribution < 1.29 is 32.4 Å². The molecular weight excluding hydrogens is 379 g/mol. The Balaban J connectivity index is 1.96. The number of nitrogens with two attached hydrogens (primary N) is 1. The number of carbonyl (C=O) groups excluding carboxylic acids is 3. The predicted octanol–water partition coefficient (Wildman–Crippen LogP) is 2.26. The zero-order valence-electron chi connectivity index (χ0n) is 14.7. The topological polar surface area (TPSA) is 103 Å². The van der Waals surface area contributed by atoms with Gasteiger partial charge in [-0.1, -0.05) is 6.07 Å². The molecule has 1 unspecified atom stereocenters. The van der Waals surface area contributed by atoms with E-state index in [1.807, 2.05) is 6.07 Å². The minimum atomic E-state index is -5.33. The summed E-state index contributed by atoms with van der Waals surface area (Å²) in [6.07, 6.45) is -5.50. The van der Waals surface area contributed by atoms with Gasteiger partial charge in [0.15, 0.2) is 0 Å². The second-order valence-electron chi connectivity index (χ2n) is 6.39. The van der Waals surface area contributed by atoms with Gasteiger partial charge in [0.05, 0.1) is 11.4 Å². The van der Waals surface area contributed by atoms with Crippen molar-refractivity contribution in [3.63, 3.8) is 0 Å². The quantitative estimate of drug-likeness (QED) is 0.800. The molecule has 0 saturated carbocycles. The Kier molecular flexibility index (Phi) is 5.07. The van der Waals surface area contributed by atoms with Crippen molar-refractivity contribution in [3.8, 4) is 0 Å². The summed E-state index contributed by atoms with van der Waals surface area (Å²) in [5.74, 6) is -5.63. The van der Waals surface area contributed by atoms with E-state index >= 15 is 0 Å². The SMILES string of the molecule is Cc1nc2ccc(CN)cc2cc1C1CCC(=O)N(OC(=O)C(F)(F)F)C1=O. The number of aryl methyl sites for hydroxylation is 1. The van der Waals surface area contributed by atoms with E-state index in [0.29, 0.717) is 28.7 Å². The molecule has 7 nitrogen and oxygen atoms in total. The Labute approximate surface area is 157 Å². The number of benzene rings is 1. The summed E-state index contributed by atoms with van der Waals surface area (Å²) in [6, 6.07) is 7.08. The molecule has 0 bridgehead atoms. The molecule has 1 atom stereocenters. The van der Waals surface area contributed by atoms with Gasteiger partial charge in [-0.15, -0.1) is 5.06 Å². The van der Waals surface area contributed by atoms with Crippen LogP contribution in [-0.4, -0.2) is 34.0 Å². The van der Waals surface area contributed by atoms with Crippen molar-refractivity contribution in [2.24, 2.45) is 5.73 Å². The molecule has 1 aliphatic heterocycles. The monoisotopic (exact) mass is 395 g/mol. The highest BCUT2D eigenvalue weighted by molar-refractivity contribution is 6.01. The molecular formula is C18H16F3N3O4. The van der Waals surface area contributed by atoms with Crippen LogP contribution in [0.4, 0.5) is 13.2 Å². The molecule has 0 aliphatic carbocycles. The van der Waals surface area contributed by atoms with Crippen LogP contribution in [0.3, 0.4) is 0 Å². The minimum Gasteiger partial charge on any atom is -0.326 e. The summed E-state index contributed by atoms with van der Waals surface area (Å²) in [5, 5.41) is 0.608. The fraction of sp³-hybridized carbons (Fsp3) is 0.333. The van der Waals surface area contributed by atoms with E-state index in [0.717, 1.165) is 5.56 Å². The number of hydroxylamine groups is 2. The number of pyridine rings is 1. The number of nitrogens with zero attached hydrogens (tertiary/aromatic N) is 2. The van der Waals surface area contributed by atoms with Crippen molar-refractivity contribution in [2.45, 2.75) is 38.4 Å². The lowest BCUT2D eigenvalue weighted by Crippen LogP contribution is -2.47. The molecule has 1 aliphatic rings. The maximum atomic E-state index is 12.6. The van der Waals surface area contributed by atoms with Crippen LogP contribution in [0.1, 0.15) is 35.6 Å².